The maximum atomic E-state index is 12.4. The van der Waals surface area contributed by atoms with Crippen molar-refractivity contribution in [2.75, 3.05) is 24.6 Å². The minimum Gasteiger partial charge on any atom is -0.481 e. The molecule has 20 heavy (non-hydrogen) atoms. The van der Waals surface area contributed by atoms with Gasteiger partial charge in [0.2, 0.25) is 0 Å². The molecule has 1 atom stereocenters. The monoisotopic (exact) mass is 306 g/mol. The lowest BCUT2D eigenvalue weighted by Gasteiger charge is -2.38. The van der Waals surface area contributed by atoms with Crippen molar-refractivity contribution in [1.29, 1.82) is 0 Å². The Hall–Kier alpha value is -1.31. The van der Waals surface area contributed by atoms with Gasteiger partial charge < -0.3 is 14.9 Å². The van der Waals surface area contributed by atoms with Crippen LogP contribution in [0.3, 0.4) is 0 Å². The molecular formula is C12H22N2O5S. The summed E-state index contributed by atoms with van der Waals surface area (Å²) in [6.07, 6.45) is -0.121. The van der Waals surface area contributed by atoms with Gasteiger partial charge in [-0.1, -0.05) is 0 Å². The highest BCUT2D eigenvalue weighted by Crippen LogP contribution is 2.15. The van der Waals surface area contributed by atoms with Crippen LogP contribution in [0.4, 0.5) is 4.79 Å². The predicted octanol–water partition coefficient (Wildman–Crippen LogP) is 0.410. The number of rotatable bonds is 4. The number of amides is 2. The summed E-state index contributed by atoms with van der Waals surface area (Å²) in [7, 11) is -3.08. The minimum absolute atomic E-state index is 0.0338. The molecule has 1 aliphatic rings. The molecule has 1 saturated heterocycles. The van der Waals surface area contributed by atoms with E-state index in [9.17, 15) is 18.0 Å². The standard InChI is InChI=1S/C12H22N2O5S/c1-9(2)13(5-4-11(15)16)12(17)14-6-7-20(18,19)8-10(14)3/h9-10H,4-8H2,1-3H3,(H,15,16). The summed E-state index contributed by atoms with van der Waals surface area (Å²) in [6, 6.07) is -0.802. The Morgan fingerprint density at radius 3 is 2.45 bits per heavy atom. The molecule has 1 N–H and O–H groups in total. The summed E-state index contributed by atoms with van der Waals surface area (Å²) in [4.78, 5) is 26.1. The average Bonchev–Trinajstić information content (AvgIpc) is 2.26. The zero-order chi connectivity index (χ0) is 15.5. The Labute approximate surface area is 119 Å². The van der Waals surface area contributed by atoms with Crippen LogP contribution in [-0.4, -0.2) is 72.0 Å². The first-order valence-electron chi connectivity index (χ1n) is 6.63. The molecule has 1 unspecified atom stereocenters. The molecule has 1 aliphatic heterocycles. The molecule has 0 bridgehead atoms. The zero-order valence-electron chi connectivity index (χ0n) is 12.1. The lowest BCUT2D eigenvalue weighted by Crippen LogP contribution is -2.55. The van der Waals surface area contributed by atoms with Gasteiger partial charge in [-0.05, 0) is 20.8 Å². The minimum atomic E-state index is -3.08. The molecule has 0 aromatic heterocycles. The number of sulfone groups is 1. The molecule has 116 valence electrons. The van der Waals surface area contributed by atoms with Crippen LogP contribution >= 0.6 is 0 Å². The molecule has 1 heterocycles. The molecule has 0 saturated carbocycles. The fraction of sp³-hybridized carbons (Fsp3) is 0.833. The molecule has 0 aliphatic carbocycles. The Bertz CT molecular complexity index is 474. The number of carboxylic acid groups (broad SMARTS) is 1. The Morgan fingerprint density at radius 1 is 1.40 bits per heavy atom. The molecule has 7 nitrogen and oxygen atoms in total. The smallest absolute Gasteiger partial charge is 0.320 e. The van der Waals surface area contributed by atoms with E-state index in [0.717, 1.165) is 0 Å². The largest absolute Gasteiger partial charge is 0.481 e. The normalized spacial score (nSPS) is 21.8. The van der Waals surface area contributed by atoms with Gasteiger partial charge in [0, 0.05) is 25.2 Å². The lowest BCUT2D eigenvalue weighted by molar-refractivity contribution is -0.137. The predicted molar refractivity (Wildman–Crippen MR) is 74.3 cm³/mol. The first-order valence-corrected chi connectivity index (χ1v) is 8.45. The van der Waals surface area contributed by atoms with Gasteiger partial charge in [-0.25, -0.2) is 13.2 Å². The van der Waals surface area contributed by atoms with Crippen molar-refractivity contribution in [1.82, 2.24) is 9.80 Å². The summed E-state index contributed by atoms with van der Waals surface area (Å²) in [5, 5.41) is 8.73. The topological polar surface area (TPSA) is 95.0 Å². The zero-order valence-corrected chi connectivity index (χ0v) is 12.9. The van der Waals surface area contributed by atoms with Crippen molar-refractivity contribution in [3.63, 3.8) is 0 Å². The lowest BCUT2D eigenvalue weighted by atomic mass is 10.2. The fourth-order valence-electron chi connectivity index (χ4n) is 2.24. The van der Waals surface area contributed by atoms with Crippen molar-refractivity contribution >= 4 is 21.8 Å². The molecule has 8 heteroatoms. The van der Waals surface area contributed by atoms with E-state index in [4.69, 9.17) is 5.11 Å². The van der Waals surface area contributed by atoms with E-state index < -0.39 is 15.8 Å². The fourth-order valence-corrected chi connectivity index (χ4v) is 3.80. The second-order valence-electron chi connectivity index (χ2n) is 5.37. The highest BCUT2D eigenvalue weighted by molar-refractivity contribution is 7.91. The number of carbonyl (C=O) groups is 2. The summed E-state index contributed by atoms with van der Waals surface area (Å²) < 4.78 is 23.0. The van der Waals surface area contributed by atoms with E-state index in [-0.39, 0.29) is 49.1 Å². The maximum Gasteiger partial charge on any atom is 0.320 e. The van der Waals surface area contributed by atoms with E-state index in [2.05, 4.69) is 0 Å². The second kappa shape index (κ2) is 6.43. The molecule has 0 radical (unpaired) electrons. The van der Waals surface area contributed by atoms with Crippen LogP contribution in [0.2, 0.25) is 0 Å². The molecule has 0 aromatic carbocycles. The van der Waals surface area contributed by atoms with Crippen LogP contribution in [0.25, 0.3) is 0 Å². The molecular weight excluding hydrogens is 284 g/mol. The Morgan fingerprint density at radius 2 is 2.00 bits per heavy atom. The number of carboxylic acids is 1. The van der Waals surface area contributed by atoms with E-state index in [1.54, 1.807) is 6.92 Å². The summed E-state index contributed by atoms with van der Waals surface area (Å²) in [5.41, 5.74) is 0. The summed E-state index contributed by atoms with van der Waals surface area (Å²) in [5.74, 6) is -1.03. The highest BCUT2D eigenvalue weighted by Gasteiger charge is 2.34. The number of hydrogen-bond donors (Lipinski definition) is 1. The van der Waals surface area contributed by atoms with Crippen LogP contribution in [0.1, 0.15) is 27.2 Å². The van der Waals surface area contributed by atoms with Crippen LogP contribution in [-0.2, 0) is 14.6 Å². The molecule has 1 rings (SSSR count). The van der Waals surface area contributed by atoms with Crippen molar-refractivity contribution < 1.29 is 23.1 Å². The number of aliphatic carboxylic acids is 1. The SMILES string of the molecule is CC(C)N(CCC(=O)O)C(=O)N1CCS(=O)(=O)CC1C. The van der Waals surface area contributed by atoms with Gasteiger partial charge in [0.15, 0.2) is 9.84 Å². The third-order valence-corrected chi connectivity index (χ3v) is 5.15. The maximum absolute atomic E-state index is 12.4. The summed E-state index contributed by atoms with van der Waals surface area (Å²) in [6.45, 7) is 5.61. The molecule has 0 aromatic rings. The first-order chi connectivity index (χ1) is 9.14. The van der Waals surface area contributed by atoms with Gasteiger partial charge in [0.05, 0.1) is 17.9 Å². The van der Waals surface area contributed by atoms with Gasteiger partial charge >= 0.3 is 12.0 Å². The first kappa shape index (κ1) is 16.7. The Balaban J connectivity index is 2.77. The van der Waals surface area contributed by atoms with Crippen LogP contribution in [0.15, 0.2) is 0 Å². The number of nitrogens with zero attached hydrogens (tertiary/aromatic N) is 2. The van der Waals surface area contributed by atoms with Gasteiger partial charge in [0.1, 0.15) is 0 Å². The van der Waals surface area contributed by atoms with Crippen molar-refractivity contribution in [2.24, 2.45) is 0 Å². The average molecular weight is 306 g/mol. The number of urea groups is 1. The molecule has 0 spiro atoms. The van der Waals surface area contributed by atoms with Crippen molar-refractivity contribution in [2.45, 2.75) is 39.3 Å². The summed E-state index contributed by atoms with van der Waals surface area (Å²) >= 11 is 0. The Kier molecular flexibility index (Phi) is 5.38. The third kappa shape index (κ3) is 4.36. The van der Waals surface area contributed by atoms with Crippen LogP contribution in [0.5, 0.6) is 0 Å². The quantitative estimate of drug-likeness (QED) is 0.811. The second-order valence-corrected chi connectivity index (χ2v) is 7.60. The van der Waals surface area contributed by atoms with Gasteiger partial charge in [-0.3, -0.25) is 4.79 Å². The molecule has 2 amide bonds. The van der Waals surface area contributed by atoms with Crippen LogP contribution in [0, 0.1) is 0 Å². The number of carbonyl (C=O) groups excluding carboxylic acids is 1. The van der Waals surface area contributed by atoms with E-state index in [1.807, 2.05) is 13.8 Å². The van der Waals surface area contributed by atoms with Crippen LogP contribution < -0.4 is 0 Å². The van der Waals surface area contributed by atoms with Gasteiger partial charge in [-0.15, -0.1) is 0 Å². The van der Waals surface area contributed by atoms with Gasteiger partial charge in [0.25, 0.3) is 0 Å². The van der Waals surface area contributed by atoms with Gasteiger partial charge in [-0.2, -0.15) is 0 Å². The van der Waals surface area contributed by atoms with Crippen molar-refractivity contribution in [3.05, 3.63) is 0 Å². The number of hydrogen-bond acceptors (Lipinski definition) is 4. The molecule has 1 fully saturated rings. The third-order valence-electron chi connectivity index (χ3n) is 3.35. The van der Waals surface area contributed by atoms with E-state index in [1.165, 1.54) is 9.80 Å². The highest BCUT2D eigenvalue weighted by atomic mass is 32.2. The van der Waals surface area contributed by atoms with E-state index in [0.29, 0.717) is 0 Å². The van der Waals surface area contributed by atoms with E-state index >= 15 is 0 Å². The van der Waals surface area contributed by atoms with Crippen molar-refractivity contribution in [3.8, 4) is 0 Å².